The lowest BCUT2D eigenvalue weighted by Crippen LogP contribution is -2.50. The first-order chi connectivity index (χ1) is 15.4. The van der Waals surface area contributed by atoms with Crippen LogP contribution in [0.3, 0.4) is 0 Å². The largest absolute Gasteiger partial charge is 0.485 e. The van der Waals surface area contributed by atoms with Gasteiger partial charge in [0.05, 0.1) is 25.3 Å². The number of amides is 2. The van der Waals surface area contributed by atoms with E-state index in [2.05, 4.69) is 10.3 Å². The lowest BCUT2D eigenvalue weighted by atomic mass is 10.1. The van der Waals surface area contributed by atoms with Gasteiger partial charge in [-0.3, -0.25) is 19.4 Å². The fourth-order valence-electron chi connectivity index (χ4n) is 3.15. The first kappa shape index (κ1) is 23.3. The molecule has 1 fully saturated rings. The summed E-state index contributed by atoms with van der Waals surface area (Å²) in [4.78, 5) is 41.5. The Hall–Kier alpha value is -3.40. The zero-order valence-electron chi connectivity index (χ0n) is 17.5. The van der Waals surface area contributed by atoms with E-state index in [1.165, 1.54) is 17.3 Å². The first-order valence-electron chi connectivity index (χ1n) is 10.1. The molecule has 0 radical (unpaired) electrons. The summed E-state index contributed by atoms with van der Waals surface area (Å²) in [6, 6.07) is 5.07. The number of rotatable bonds is 8. The van der Waals surface area contributed by atoms with Crippen LogP contribution in [-0.2, 0) is 9.53 Å². The molecule has 2 heterocycles. The van der Waals surface area contributed by atoms with Crippen molar-refractivity contribution in [3.8, 4) is 5.75 Å². The third-order valence-electron chi connectivity index (χ3n) is 4.87. The molecule has 2 amide bonds. The summed E-state index contributed by atoms with van der Waals surface area (Å²) in [5, 5.41) is 2.53. The molecule has 1 saturated heterocycles. The number of ether oxygens (including phenoxy) is 2. The van der Waals surface area contributed by atoms with Crippen LogP contribution in [0.1, 0.15) is 34.1 Å². The van der Waals surface area contributed by atoms with Gasteiger partial charge >= 0.3 is 0 Å². The van der Waals surface area contributed by atoms with Crippen LogP contribution in [0.4, 0.5) is 8.78 Å². The number of aromatic nitrogens is 1. The number of ketones is 1. The average Bonchev–Trinajstić information content (AvgIpc) is 2.81. The molecule has 1 aromatic carbocycles. The maximum absolute atomic E-state index is 14.2. The van der Waals surface area contributed by atoms with E-state index in [-0.39, 0.29) is 50.0 Å². The quantitative estimate of drug-likeness (QED) is 0.622. The average molecular weight is 447 g/mol. The smallest absolute Gasteiger partial charge is 0.253 e. The minimum absolute atomic E-state index is 0.0612. The van der Waals surface area contributed by atoms with E-state index in [1.54, 1.807) is 19.1 Å². The molecule has 8 nitrogen and oxygen atoms in total. The van der Waals surface area contributed by atoms with Gasteiger partial charge < -0.3 is 19.7 Å². The Labute approximate surface area is 183 Å². The number of nitrogens with one attached hydrogen (secondary N) is 1. The molecule has 1 atom stereocenters. The molecule has 170 valence electrons. The Morgan fingerprint density at radius 2 is 2.00 bits per heavy atom. The highest BCUT2D eigenvalue weighted by molar-refractivity contribution is 5.96. The predicted molar refractivity (Wildman–Crippen MR) is 109 cm³/mol. The van der Waals surface area contributed by atoms with Gasteiger partial charge in [0.25, 0.3) is 5.91 Å². The highest BCUT2D eigenvalue weighted by Crippen LogP contribution is 2.24. The Bertz CT molecular complexity index is 964. The topological polar surface area (TPSA) is 97.8 Å². The number of nitrogens with zero attached hydrogens (tertiary/aromatic N) is 2. The van der Waals surface area contributed by atoms with Gasteiger partial charge in [0.15, 0.2) is 23.2 Å². The van der Waals surface area contributed by atoms with Gasteiger partial charge in [-0.2, -0.15) is 0 Å². The molecule has 1 N–H and O–H groups in total. The van der Waals surface area contributed by atoms with Crippen LogP contribution in [0.5, 0.6) is 5.75 Å². The maximum Gasteiger partial charge on any atom is 0.253 e. The standard InChI is InChI=1S/C22H23F2N3O5/c1-2-19(28)15-8-17(23)21(18(24)9-15)32-13-16-12-27(6-7-31-16)20(29)11-26-22(30)14-4-3-5-25-10-14/h3-5,8-10,16H,2,6-7,11-13H2,1H3,(H,26,30). The highest BCUT2D eigenvalue weighted by Gasteiger charge is 2.26. The molecule has 0 bridgehead atoms. The lowest BCUT2D eigenvalue weighted by molar-refractivity contribution is -0.138. The van der Waals surface area contributed by atoms with Crippen LogP contribution in [-0.4, -0.2) is 66.4 Å². The van der Waals surface area contributed by atoms with Gasteiger partial charge in [0, 0.05) is 30.9 Å². The Balaban J connectivity index is 1.52. The van der Waals surface area contributed by atoms with Gasteiger partial charge in [0.1, 0.15) is 12.7 Å². The molecule has 0 aliphatic carbocycles. The molecule has 0 saturated carbocycles. The molecular formula is C22H23F2N3O5. The summed E-state index contributed by atoms with van der Waals surface area (Å²) in [5.41, 5.74) is 0.276. The van der Waals surface area contributed by atoms with E-state index >= 15 is 0 Å². The number of morpholine rings is 1. The molecular weight excluding hydrogens is 424 g/mol. The third kappa shape index (κ3) is 5.85. The van der Waals surface area contributed by atoms with Crippen molar-refractivity contribution in [2.75, 3.05) is 32.8 Å². The first-order valence-corrected chi connectivity index (χ1v) is 10.1. The Morgan fingerprint density at radius 3 is 2.66 bits per heavy atom. The van der Waals surface area contributed by atoms with E-state index in [4.69, 9.17) is 9.47 Å². The second kappa shape index (κ2) is 10.8. The SMILES string of the molecule is CCC(=O)c1cc(F)c(OCC2CN(C(=O)CNC(=O)c3cccnc3)CCO2)c(F)c1. The lowest BCUT2D eigenvalue weighted by Gasteiger charge is -2.33. The van der Waals surface area contributed by atoms with Crippen LogP contribution in [0.15, 0.2) is 36.7 Å². The van der Waals surface area contributed by atoms with Crippen molar-refractivity contribution in [2.24, 2.45) is 0 Å². The van der Waals surface area contributed by atoms with Crippen molar-refractivity contribution in [1.82, 2.24) is 15.2 Å². The minimum atomic E-state index is -0.983. The molecule has 3 rings (SSSR count). The number of halogens is 2. The van der Waals surface area contributed by atoms with Gasteiger partial charge in [-0.25, -0.2) is 8.78 Å². The van der Waals surface area contributed by atoms with Crippen molar-refractivity contribution in [2.45, 2.75) is 19.4 Å². The van der Waals surface area contributed by atoms with E-state index in [0.717, 1.165) is 12.1 Å². The van der Waals surface area contributed by atoms with Crippen molar-refractivity contribution in [3.05, 3.63) is 59.4 Å². The zero-order chi connectivity index (χ0) is 23.1. The number of hydrogen-bond acceptors (Lipinski definition) is 6. The molecule has 2 aromatic rings. The van der Waals surface area contributed by atoms with Gasteiger partial charge in [-0.05, 0) is 24.3 Å². The summed E-state index contributed by atoms with van der Waals surface area (Å²) in [6.45, 7) is 1.86. The summed E-state index contributed by atoms with van der Waals surface area (Å²) < 4.78 is 39.2. The maximum atomic E-state index is 14.2. The molecule has 1 aliphatic heterocycles. The number of hydrogen-bond donors (Lipinski definition) is 1. The Kier molecular flexibility index (Phi) is 7.82. The fourth-order valence-corrected chi connectivity index (χ4v) is 3.15. The monoisotopic (exact) mass is 447 g/mol. The number of carbonyl (C=O) groups excluding carboxylic acids is 3. The minimum Gasteiger partial charge on any atom is -0.485 e. The van der Waals surface area contributed by atoms with E-state index in [0.29, 0.717) is 12.1 Å². The zero-order valence-corrected chi connectivity index (χ0v) is 17.5. The normalized spacial score (nSPS) is 15.8. The van der Waals surface area contributed by atoms with Crippen molar-refractivity contribution >= 4 is 17.6 Å². The second-order valence-corrected chi connectivity index (χ2v) is 7.11. The van der Waals surface area contributed by atoms with E-state index in [9.17, 15) is 23.2 Å². The van der Waals surface area contributed by atoms with Gasteiger partial charge in [0.2, 0.25) is 5.91 Å². The van der Waals surface area contributed by atoms with Crippen LogP contribution in [0, 0.1) is 11.6 Å². The van der Waals surface area contributed by atoms with E-state index < -0.39 is 29.4 Å². The summed E-state index contributed by atoms with van der Waals surface area (Å²) in [5.74, 6) is -3.69. The molecule has 1 aliphatic rings. The van der Waals surface area contributed by atoms with Crippen LogP contribution >= 0.6 is 0 Å². The molecule has 0 spiro atoms. The van der Waals surface area contributed by atoms with Crippen molar-refractivity contribution < 1.29 is 32.6 Å². The van der Waals surface area contributed by atoms with Crippen molar-refractivity contribution in [3.63, 3.8) is 0 Å². The highest BCUT2D eigenvalue weighted by atomic mass is 19.1. The van der Waals surface area contributed by atoms with Gasteiger partial charge in [-0.15, -0.1) is 0 Å². The predicted octanol–water partition coefficient (Wildman–Crippen LogP) is 1.99. The van der Waals surface area contributed by atoms with Gasteiger partial charge in [-0.1, -0.05) is 6.92 Å². The van der Waals surface area contributed by atoms with Crippen LogP contribution in [0.2, 0.25) is 0 Å². The summed E-state index contributed by atoms with van der Waals surface area (Å²) in [7, 11) is 0. The fraction of sp³-hybridized carbons (Fsp3) is 0.364. The molecule has 1 aromatic heterocycles. The molecule has 1 unspecified atom stereocenters. The van der Waals surface area contributed by atoms with E-state index in [1.807, 2.05) is 0 Å². The van der Waals surface area contributed by atoms with Crippen LogP contribution < -0.4 is 10.1 Å². The molecule has 10 heteroatoms. The third-order valence-corrected chi connectivity index (χ3v) is 4.87. The molecule has 32 heavy (non-hydrogen) atoms. The van der Waals surface area contributed by atoms with Crippen LogP contribution in [0.25, 0.3) is 0 Å². The second-order valence-electron chi connectivity index (χ2n) is 7.11. The number of benzene rings is 1. The Morgan fingerprint density at radius 1 is 1.25 bits per heavy atom. The summed E-state index contributed by atoms with van der Waals surface area (Å²) in [6.07, 6.45) is 2.44. The van der Waals surface area contributed by atoms with Crippen molar-refractivity contribution in [1.29, 1.82) is 0 Å². The number of pyridine rings is 1. The summed E-state index contributed by atoms with van der Waals surface area (Å²) >= 11 is 0. The number of Topliss-reactive ketones (excluding diaryl/α,β-unsaturated/α-hetero) is 1. The number of carbonyl (C=O) groups is 3.